The Hall–Kier alpha value is -1.90. The third-order valence-electron chi connectivity index (χ3n) is 4.03. The van der Waals surface area contributed by atoms with Crippen molar-refractivity contribution < 1.29 is 4.79 Å². The van der Waals surface area contributed by atoms with Crippen molar-refractivity contribution in [3.05, 3.63) is 47.0 Å². The summed E-state index contributed by atoms with van der Waals surface area (Å²) in [5, 5.41) is 0. The molecule has 104 valence electrons. The van der Waals surface area contributed by atoms with Gasteiger partial charge in [-0.3, -0.25) is 9.78 Å². The van der Waals surface area contributed by atoms with Crippen LogP contribution < -0.4 is 0 Å². The minimum Gasteiger partial charge on any atom is -0.318 e. The van der Waals surface area contributed by atoms with E-state index in [0.717, 1.165) is 34.8 Å². The first kappa shape index (κ1) is 13.1. The monoisotopic (exact) mass is 268 g/mol. The number of Topliss-reactive ketones (excluding diaryl/α,β-unsaturated/α-hetero) is 1. The molecule has 1 aliphatic rings. The zero-order valence-corrected chi connectivity index (χ0v) is 12.5. The second kappa shape index (κ2) is 4.30. The summed E-state index contributed by atoms with van der Waals surface area (Å²) in [6, 6.07) is 6.06. The van der Waals surface area contributed by atoms with E-state index in [4.69, 9.17) is 0 Å². The largest absolute Gasteiger partial charge is 0.318 e. The van der Waals surface area contributed by atoms with Crippen molar-refractivity contribution in [2.75, 3.05) is 0 Å². The lowest BCUT2D eigenvalue weighted by atomic mass is 9.76. The van der Waals surface area contributed by atoms with Crippen LogP contribution in [-0.2, 0) is 6.42 Å². The number of aromatic nitrogens is 2. The van der Waals surface area contributed by atoms with E-state index in [2.05, 4.69) is 29.5 Å². The zero-order valence-electron chi connectivity index (χ0n) is 12.5. The summed E-state index contributed by atoms with van der Waals surface area (Å²) >= 11 is 0. The molecule has 0 saturated carbocycles. The van der Waals surface area contributed by atoms with Crippen LogP contribution in [-0.4, -0.2) is 15.3 Å². The van der Waals surface area contributed by atoms with Gasteiger partial charge in [0, 0.05) is 29.6 Å². The summed E-state index contributed by atoms with van der Waals surface area (Å²) in [4.78, 5) is 16.8. The highest BCUT2D eigenvalue weighted by atomic mass is 16.1. The number of fused-ring (bicyclic) bond motifs is 1. The number of ketones is 1. The van der Waals surface area contributed by atoms with Gasteiger partial charge in [-0.2, -0.15) is 0 Å². The van der Waals surface area contributed by atoms with E-state index < -0.39 is 0 Å². The van der Waals surface area contributed by atoms with Crippen LogP contribution in [0.4, 0.5) is 0 Å². The van der Waals surface area contributed by atoms with Crippen LogP contribution in [0, 0.1) is 19.3 Å². The molecule has 0 spiro atoms. The molecule has 20 heavy (non-hydrogen) atoms. The molecule has 3 heteroatoms. The third kappa shape index (κ3) is 2.07. The van der Waals surface area contributed by atoms with Gasteiger partial charge in [0.2, 0.25) is 0 Å². The van der Waals surface area contributed by atoms with E-state index in [1.54, 1.807) is 0 Å². The first-order chi connectivity index (χ1) is 9.37. The fourth-order valence-electron chi connectivity index (χ4n) is 3.10. The van der Waals surface area contributed by atoms with Crippen LogP contribution in [0.1, 0.15) is 47.7 Å². The van der Waals surface area contributed by atoms with Crippen molar-refractivity contribution in [2.45, 2.75) is 40.5 Å². The van der Waals surface area contributed by atoms with Crippen molar-refractivity contribution in [1.29, 1.82) is 0 Å². The lowest BCUT2D eigenvalue weighted by Gasteiger charge is -2.29. The summed E-state index contributed by atoms with van der Waals surface area (Å²) in [6.07, 6.45) is 3.56. The van der Waals surface area contributed by atoms with E-state index in [9.17, 15) is 4.79 Å². The van der Waals surface area contributed by atoms with E-state index in [1.807, 2.05) is 32.2 Å². The molecule has 0 radical (unpaired) electrons. The van der Waals surface area contributed by atoms with Gasteiger partial charge in [0.05, 0.1) is 11.4 Å². The van der Waals surface area contributed by atoms with Crippen LogP contribution in [0.15, 0.2) is 24.4 Å². The number of rotatable bonds is 1. The van der Waals surface area contributed by atoms with Crippen LogP contribution >= 0.6 is 0 Å². The maximum atomic E-state index is 12.3. The Morgan fingerprint density at radius 3 is 2.60 bits per heavy atom. The number of pyridine rings is 1. The van der Waals surface area contributed by atoms with Gasteiger partial charge in [-0.15, -0.1) is 0 Å². The van der Waals surface area contributed by atoms with Crippen molar-refractivity contribution in [3.8, 4) is 5.69 Å². The van der Waals surface area contributed by atoms with E-state index in [-0.39, 0.29) is 11.2 Å². The van der Waals surface area contributed by atoms with Gasteiger partial charge in [0.1, 0.15) is 0 Å². The number of aryl methyl sites for hydroxylation is 2. The molecule has 0 aliphatic heterocycles. The Bertz CT molecular complexity index is 695. The summed E-state index contributed by atoms with van der Waals surface area (Å²) < 4.78 is 2.13. The molecule has 3 rings (SSSR count). The van der Waals surface area contributed by atoms with Gasteiger partial charge in [-0.1, -0.05) is 13.8 Å². The highest BCUT2D eigenvalue weighted by molar-refractivity contribution is 5.99. The summed E-state index contributed by atoms with van der Waals surface area (Å²) in [6.45, 7) is 8.33. The molecule has 2 heterocycles. The van der Waals surface area contributed by atoms with Gasteiger partial charge in [-0.05, 0) is 43.9 Å². The quantitative estimate of drug-likeness (QED) is 0.791. The molecule has 0 amide bonds. The fourth-order valence-corrected chi connectivity index (χ4v) is 3.10. The molecular formula is C17H20N2O. The van der Waals surface area contributed by atoms with E-state index >= 15 is 0 Å². The molecule has 3 nitrogen and oxygen atoms in total. The van der Waals surface area contributed by atoms with Crippen molar-refractivity contribution in [1.82, 2.24) is 9.55 Å². The molecule has 2 aromatic heterocycles. The van der Waals surface area contributed by atoms with Crippen LogP contribution in [0.25, 0.3) is 5.69 Å². The number of nitrogens with zero attached hydrogens (tertiary/aromatic N) is 2. The molecule has 1 aliphatic carbocycles. The fraction of sp³-hybridized carbons (Fsp3) is 0.412. The normalized spacial score (nSPS) is 17.1. The number of carbonyl (C=O) groups excluding carboxylic acids is 1. The highest BCUT2D eigenvalue weighted by Gasteiger charge is 2.33. The average Bonchev–Trinajstić information content (AvgIpc) is 2.71. The zero-order chi connectivity index (χ0) is 14.5. The minimum absolute atomic E-state index is 0.0339. The van der Waals surface area contributed by atoms with Crippen LogP contribution in [0.2, 0.25) is 0 Å². The lowest BCUT2D eigenvalue weighted by Crippen LogP contribution is -2.27. The predicted octanol–water partition coefficient (Wildman–Crippen LogP) is 3.64. The molecule has 0 bridgehead atoms. The first-order valence-electron chi connectivity index (χ1n) is 7.05. The molecule has 0 aromatic carbocycles. The molecule has 0 atom stereocenters. The Morgan fingerprint density at radius 2 is 1.90 bits per heavy atom. The second-order valence-electron chi connectivity index (χ2n) is 6.54. The molecule has 0 saturated heterocycles. The van der Waals surface area contributed by atoms with E-state index in [0.29, 0.717) is 6.42 Å². The topological polar surface area (TPSA) is 34.9 Å². The van der Waals surface area contributed by atoms with Crippen molar-refractivity contribution in [2.24, 2.45) is 5.41 Å². The van der Waals surface area contributed by atoms with E-state index in [1.165, 1.54) is 0 Å². The number of carbonyl (C=O) groups is 1. The third-order valence-corrected chi connectivity index (χ3v) is 4.03. The summed E-state index contributed by atoms with van der Waals surface area (Å²) in [5.74, 6) is 0.257. The molecular weight excluding hydrogens is 248 g/mol. The van der Waals surface area contributed by atoms with Gasteiger partial charge < -0.3 is 4.57 Å². The Labute approximate surface area is 119 Å². The Kier molecular flexibility index (Phi) is 2.82. The Morgan fingerprint density at radius 1 is 1.15 bits per heavy atom. The standard InChI is InChI=1S/C17H20N2O/c1-11-5-6-14(12(2)18-11)19-8-7-13-15(19)9-17(3,4)10-16(13)20/h5-8H,9-10H2,1-4H3. The predicted molar refractivity (Wildman–Crippen MR) is 79.5 cm³/mol. The van der Waals surface area contributed by atoms with Gasteiger partial charge in [-0.25, -0.2) is 0 Å². The number of hydrogen-bond acceptors (Lipinski definition) is 2. The van der Waals surface area contributed by atoms with Crippen LogP contribution in [0.3, 0.4) is 0 Å². The summed E-state index contributed by atoms with van der Waals surface area (Å²) in [7, 11) is 0. The SMILES string of the molecule is Cc1ccc(-n2ccc3c2CC(C)(C)CC3=O)c(C)n1. The maximum absolute atomic E-state index is 12.3. The summed E-state index contributed by atoms with van der Waals surface area (Å²) in [5.41, 5.74) is 5.13. The van der Waals surface area contributed by atoms with Gasteiger partial charge in [0.25, 0.3) is 0 Å². The smallest absolute Gasteiger partial charge is 0.165 e. The molecule has 0 N–H and O–H groups in total. The lowest BCUT2D eigenvalue weighted by molar-refractivity contribution is 0.0911. The first-order valence-corrected chi connectivity index (χ1v) is 7.05. The van der Waals surface area contributed by atoms with Crippen molar-refractivity contribution in [3.63, 3.8) is 0 Å². The van der Waals surface area contributed by atoms with Gasteiger partial charge >= 0.3 is 0 Å². The molecule has 2 aromatic rings. The van der Waals surface area contributed by atoms with Crippen LogP contribution in [0.5, 0.6) is 0 Å². The second-order valence-corrected chi connectivity index (χ2v) is 6.54. The minimum atomic E-state index is 0.0339. The maximum Gasteiger partial charge on any atom is 0.165 e. The highest BCUT2D eigenvalue weighted by Crippen LogP contribution is 2.36. The Balaban J connectivity index is 2.16. The molecule has 0 fully saturated rings. The van der Waals surface area contributed by atoms with Gasteiger partial charge in [0.15, 0.2) is 5.78 Å². The molecule has 0 unspecified atom stereocenters. The average molecular weight is 268 g/mol. The van der Waals surface area contributed by atoms with Crippen molar-refractivity contribution >= 4 is 5.78 Å². The number of hydrogen-bond donors (Lipinski definition) is 0.